The van der Waals surface area contributed by atoms with Gasteiger partial charge in [0.25, 0.3) is 15.9 Å². The average Bonchev–Trinajstić information content (AvgIpc) is 2.91. The Labute approximate surface area is 219 Å². The Morgan fingerprint density at radius 1 is 0.816 bits per heavy atom. The molecule has 0 aromatic heterocycles. The topological polar surface area (TPSA) is 66.5 Å². The molecule has 1 N–H and O–H groups in total. The molecule has 0 radical (unpaired) electrons. The highest BCUT2D eigenvalue weighted by Gasteiger charge is 2.31. The van der Waals surface area contributed by atoms with Crippen LogP contribution in [0.2, 0.25) is 0 Å². The number of sulfonamides is 1. The van der Waals surface area contributed by atoms with E-state index in [4.69, 9.17) is 0 Å². The Hall–Kier alpha value is -4.11. The second-order valence-electron chi connectivity index (χ2n) is 8.71. The van der Waals surface area contributed by atoms with Crippen LogP contribution in [0.15, 0.2) is 108 Å². The van der Waals surface area contributed by atoms with Gasteiger partial charge in [-0.05, 0) is 54.4 Å². The Balaban J connectivity index is 1.69. The maximum atomic E-state index is 13.8. The largest absolute Gasteiger partial charge is 0.416 e. The van der Waals surface area contributed by atoms with Crippen molar-refractivity contribution >= 4 is 21.6 Å². The number of halogens is 3. The first-order valence-corrected chi connectivity index (χ1v) is 13.2. The molecule has 196 valence electrons. The smallest absolute Gasteiger partial charge is 0.348 e. The lowest BCUT2D eigenvalue weighted by molar-refractivity contribution is -0.137. The molecule has 38 heavy (non-hydrogen) atoms. The minimum atomic E-state index is -4.51. The lowest BCUT2D eigenvalue weighted by Crippen LogP contribution is -2.33. The molecule has 0 bridgehead atoms. The van der Waals surface area contributed by atoms with Crippen LogP contribution in [-0.4, -0.2) is 14.3 Å². The summed E-state index contributed by atoms with van der Waals surface area (Å²) in [5.74, 6) is -0.616. The molecule has 0 aliphatic carbocycles. The standard InChI is InChI=1S/C29H25F3N2O3S/c1-21-14-16-25(17-15-21)38(36,37)34(20-22-8-3-2-4-9-22)27-13-6-5-12-26(27)28(35)33-19-23-10-7-11-24(18-23)29(30,31)32/h2-18H,19-20H2,1H3,(H,33,35). The Kier molecular flexibility index (Phi) is 7.87. The minimum Gasteiger partial charge on any atom is -0.348 e. The van der Waals surface area contributed by atoms with E-state index >= 15 is 0 Å². The van der Waals surface area contributed by atoms with Crippen molar-refractivity contribution in [3.8, 4) is 0 Å². The summed E-state index contributed by atoms with van der Waals surface area (Å²) in [6.45, 7) is 1.65. The first-order chi connectivity index (χ1) is 18.1. The molecule has 0 saturated carbocycles. The number of aryl methyl sites for hydroxylation is 1. The Morgan fingerprint density at radius 3 is 2.13 bits per heavy atom. The van der Waals surface area contributed by atoms with Crippen molar-refractivity contribution in [3.63, 3.8) is 0 Å². The molecular weight excluding hydrogens is 513 g/mol. The van der Waals surface area contributed by atoms with E-state index in [0.29, 0.717) is 5.56 Å². The van der Waals surface area contributed by atoms with Gasteiger partial charge in [0, 0.05) is 6.54 Å². The van der Waals surface area contributed by atoms with E-state index in [1.807, 2.05) is 13.0 Å². The fourth-order valence-corrected chi connectivity index (χ4v) is 5.38. The number of rotatable bonds is 8. The first-order valence-electron chi connectivity index (χ1n) is 11.7. The molecule has 4 aromatic carbocycles. The summed E-state index contributed by atoms with van der Waals surface area (Å²) in [4.78, 5) is 13.3. The molecule has 0 fully saturated rings. The highest BCUT2D eigenvalue weighted by atomic mass is 32.2. The van der Waals surface area contributed by atoms with Crippen LogP contribution < -0.4 is 9.62 Å². The fraction of sp³-hybridized carbons (Fsp3) is 0.138. The number of nitrogens with zero attached hydrogens (tertiary/aromatic N) is 1. The number of anilines is 1. The molecule has 0 unspecified atom stereocenters. The highest BCUT2D eigenvalue weighted by Crippen LogP contribution is 2.31. The summed E-state index contributed by atoms with van der Waals surface area (Å²) in [6, 6.07) is 26.3. The Bertz CT molecular complexity index is 1520. The predicted molar refractivity (Wildman–Crippen MR) is 140 cm³/mol. The number of benzene rings is 4. The van der Waals surface area contributed by atoms with Gasteiger partial charge in [-0.15, -0.1) is 0 Å². The zero-order valence-electron chi connectivity index (χ0n) is 20.4. The third kappa shape index (κ3) is 6.23. The summed E-state index contributed by atoms with van der Waals surface area (Å²) in [7, 11) is -4.09. The van der Waals surface area contributed by atoms with Crippen LogP contribution in [0, 0.1) is 6.92 Å². The van der Waals surface area contributed by atoms with Crippen LogP contribution in [0.4, 0.5) is 18.9 Å². The summed E-state index contributed by atoms with van der Waals surface area (Å²) in [5.41, 5.74) is 1.28. The van der Waals surface area contributed by atoms with Crippen LogP contribution in [0.1, 0.15) is 32.6 Å². The molecule has 0 aliphatic heterocycles. The van der Waals surface area contributed by atoms with Gasteiger partial charge >= 0.3 is 6.18 Å². The normalized spacial score (nSPS) is 11.7. The summed E-state index contributed by atoms with van der Waals surface area (Å²) >= 11 is 0. The molecule has 5 nitrogen and oxygen atoms in total. The monoisotopic (exact) mass is 538 g/mol. The average molecular weight is 539 g/mol. The maximum Gasteiger partial charge on any atom is 0.416 e. The van der Waals surface area contributed by atoms with Crippen molar-refractivity contribution in [2.75, 3.05) is 4.31 Å². The fourth-order valence-electron chi connectivity index (χ4n) is 3.90. The predicted octanol–water partition coefficient (Wildman–Crippen LogP) is 6.34. The van der Waals surface area contributed by atoms with E-state index in [1.54, 1.807) is 48.5 Å². The molecule has 4 rings (SSSR count). The second kappa shape index (κ2) is 11.1. The molecule has 1 amide bonds. The van der Waals surface area contributed by atoms with Gasteiger partial charge in [-0.25, -0.2) is 8.42 Å². The van der Waals surface area contributed by atoms with Crippen LogP contribution in [0.25, 0.3) is 0 Å². The lowest BCUT2D eigenvalue weighted by atomic mass is 10.1. The quantitative estimate of drug-likeness (QED) is 0.285. The molecule has 0 atom stereocenters. The highest BCUT2D eigenvalue weighted by molar-refractivity contribution is 7.92. The number of carbonyl (C=O) groups excluding carboxylic acids is 1. The van der Waals surface area contributed by atoms with Crippen molar-refractivity contribution in [1.82, 2.24) is 5.32 Å². The van der Waals surface area contributed by atoms with E-state index in [1.165, 1.54) is 40.7 Å². The number of nitrogens with one attached hydrogen (secondary N) is 1. The van der Waals surface area contributed by atoms with Crippen molar-refractivity contribution in [2.45, 2.75) is 31.1 Å². The van der Waals surface area contributed by atoms with Gasteiger partial charge < -0.3 is 5.32 Å². The Morgan fingerprint density at radius 2 is 1.45 bits per heavy atom. The lowest BCUT2D eigenvalue weighted by Gasteiger charge is -2.26. The van der Waals surface area contributed by atoms with E-state index in [-0.39, 0.29) is 34.8 Å². The van der Waals surface area contributed by atoms with Gasteiger partial charge in [-0.2, -0.15) is 13.2 Å². The number of carbonyl (C=O) groups is 1. The zero-order valence-corrected chi connectivity index (χ0v) is 21.3. The maximum absolute atomic E-state index is 13.8. The van der Waals surface area contributed by atoms with E-state index in [2.05, 4.69) is 5.32 Å². The molecule has 0 aliphatic rings. The van der Waals surface area contributed by atoms with Gasteiger partial charge in [-0.1, -0.05) is 72.3 Å². The third-order valence-electron chi connectivity index (χ3n) is 5.90. The molecule has 9 heteroatoms. The van der Waals surface area contributed by atoms with Gasteiger partial charge in [0.05, 0.1) is 28.3 Å². The van der Waals surface area contributed by atoms with Crippen LogP contribution in [0.3, 0.4) is 0 Å². The summed E-state index contributed by atoms with van der Waals surface area (Å²) in [6.07, 6.45) is -4.51. The van der Waals surface area contributed by atoms with Crippen molar-refractivity contribution in [2.24, 2.45) is 0 Å². The van der Waals surface area contributed by atoms with Crippen LogP contribution in [-0.2, 0) is 29.3 Å². The number of amides is 1. The van der Waals surface area contributed by atoms with E-state index < -0.39 is 27.7 Å². The number of para-hydroxylation sites is 1. The van der Waals surface area contributed by atoms with E-state index in [0.717, 1.165) is 17.7 Å². The minimum absolute atomic E-state index is 0.0328. The van der Waals surface area contributed by atoms with Crippen molar-refractivity contribution in [3.05, 3.63) is 131 Å². The SMILES string of the molecule is Cc1ccc(S(=O)(=O)N(Cc2ccccc2)c2ccccc2C(=O)NCc2cccc(C(F)(F)F)c2)cc1. The number of hydrogen-bond acceptors (Lipinski definition) is 3. The summed E-state index contributed by atoms with van der Waals surface area (Å²) in [5, 5.41) is 2.62. The first kappa shape index (κ1) is 26.9. The third-order valence-corrected chi connectivity index (χ3v) is 7.68. The zero-order chi connectivity index (χ0) is 27.3. The van der Waals surface area contributed by atoms with Gasteiger partial charge in [0.15, 0.2) is 0 Å². The van der Waals surface area contributed by atoms with E-state index in [9.17, 15) is 26.4 Å². The van der Waals surface area contributed by atoms with Gasteiger partial charge in [-0.3, -0.25) is 9.10 Å². The van der Waals surface area contributed by atoms with Crippen molar-refractivity contribution < 1.29 is 26.4 Å². The van der Waals surface area contributed by atoms with Crippen molar-refractivity contribution in [1.29, 1.82) is 0 Å². The van der Waals surface area contributed by atoms with Gasteiger partial charge in [0.2, 0.25) is 0 Å². The molecule has 4 aromatic rings. The summed E-state index contributed by atoms with van der Waals surface area (Å²) < 4.78 is 68.0. The van der Waals surface area contributed by atoms with Gasteiger partial charge in [0.1, 0.15) is 0 Å². The van der Waals surface area contributed by atoms with Crippen LogP contribution in [0.5, 0.6) is 0 Å². The van der Waals surface area contributed by atoms with Crippen LogP contribution >= 0.6 is 0 Å². The molecular formula is C29H25F3N2O3S. The molecule has 0 saturated heterocycles. The second-order valence-corrected chi connectivity index (χ2v) is 10.6. The molecule has 0 spiro atoms. The number of alkyl halides is 3. The molecule has 0 heterocycles. The number of hydrogen-bond donors (Lipinski definition) is 1.